The number of para-hydroxylation sites is 1. The van der Waals surface area contributed by atoms with E-state index in [0.29, 0.717) is 0 Å². The fourth-order valence-corrected chi connectivity index (χ4v) is 7.67. The van der Waals surface area contributed by atoms with E-state index in [1.54, 1.807) is 0 Å². The van der Waals surface area contributed by atoms with Crippen molar-refractivity contribution < 1.29 is 4.42 Å². The quantitative estimate of drug-likeness (QED) is 0.197. The Hall–Kier alpha value is -5.64. The largest absolute Gasteiger partial charge is 0.456 e. The Morgan fingerprint density at radius 3 is 1.89 bits per heavy atom. The number of hydrogen-bond acceptors (Lipinski definition) is 3. The van der Waals surface area contributed by atoms with Crippen molar-refractivity contribution in [2.75, 3.05) is 4.90 Å². The molecule has 45 heavy (non-hydrogen) atoms. The molecule has 2 heterocycles. The molecule has 2 nitrogen and oxygen atoms in total. The highest BCUT2D eigenvalue weighted by atomic mass is 32.1. The summed E-state index contributed by atoms with van der Waals surface area (Å²) in [5.74, 6) is 0. The van der Waals surface area contributed by atoms with Crippen LogP contribution in [0.4, 0.5) is 17.1 Å². The molecule has 0 saturated carbocycles. The maximum atomic E-state index is 6.34. The summed E-state index contributed by atoms with van der Waals surface area (Å²) < 4.78 is 8.92. The third-order valence-electron chi connectivity index (χ3n) is 8.67. The molecule has 0 aliphatic heterocycles. The lowest BCUT2D eigenvalue weighted by Gasteiger charge is -2.27. The lowest BCUT2D eigenvalue weighted by Crippen LogP contribution is -2.10. The number of thiophene rings is 1. The Labute approximate surface area is 265 Å². The second-order valence-electron chi connectivity index (χ2n) is 11.4. The van der Waals surface area contributed by atoms with Crippen LogP contribution in [0.5, 0.6) is 0 Å². The minimum Gasteiger partial charge on any atom is -0.456 e. The summed E-state index contributed by atoms with van der Waals surface area (Å²) in [7, 11) is 0. The minimum atomic E-state index is 0.884. The SMILES string of the molecule is c1ccc(-c2ccc(-c3cccc(N(c4ccc5c(c4)sc4ccccc45)c4cccc5oc6ccccc6c45)c3)cc2)cc1. The first-order chi connectivity index (χ1) is 22.3. The zero-order chi connectivity index (χ0) is 29.7. The molecule has 212 valence electrons. The van der Waals surface area contributed by atoms with Gasteiger partial charge in [-0.05, 0) is 70.8 Å². The third kappa shape index (κ3) is 4.40. The summed E-state index contributed by atoms with van der Waals surface area (Å²) in [5, 5.41) is 4.82. The Balaban J connectivity index is 1.23. The summed E-state index contributed by atoms with van der Waals surface area (Å²) in [4.78, 5) is 2.38. The number of benzene rings is 7. The molecule has 0 aliphatic rings. The van der Waals surface area contributed by atoms with E-state index in [1.807, 2.05) is 23.5 Å². The maximum absolute atomic E-state index is 6.34. The summed E-state index contributed by atoms with van der Waals surface area (Å²) in [6, 6.07) is 58.5. The van der Waals surface area contributed by atoms with Crippen LogP contribution in [0.25, 0.3) is 64.4 Å². The number of fused-ring (bicyclic) bond motifs is 6. The van der Waals surface area contributed by atoms with Gasteiger partial charge >= 0.3 is 0 Å². The van der Waals surface area contributed by atoms with Crippen LogP contribution in [0.3, 0.4) is 0 Å². The van der Waals surface area contributed by atoms with Crippen molar-refractivity contribution in [2.45, 2.75) is 0 Å². The number of nitrogens with zero attached hydrogens (tertiary/aromatic N) is 1. The van der Waals surface area contributed by atoms with E-state index < -0.39 is 0 Å². The van der Waals surface area contributed by atoms with Crippen LogP contribution in [0, 0.1) is 0 Å². The first-order valence-electron chi connectivity index (χ1n) is 15.2. The van der Waals surface area contributed by atoms with Crippen LogP contribution in [-0.2, 0) is 0 Å². The van der Waals surface area contributed by atoms with Gasteiger partial charge in [0.15, 0.2) is 0 Å². The average Bonchev–Trinajstić information content (AvgIpc) is 3.67. The number of furan rings is 1. The van der Waals surface area contributed by atoms with E-state index >= 15 is 0 Å². The Kier molecular flexibility index (Phi) is 6.03. The molecule has 0 spiro atoms. The van der Waals surface area contributed by atoms with Crippen molar-refractivity contribution >= 4 is 70.5 Å². The predicted molar refractivity (Wildman–Crippen MR) is 192 cm³/mol. The summed E-state index contributed by atoms with van der Waals surface area (Å²) >= 11 is 1.85. The van der Waals surface area contributed by atoms with Crippen LogP contribution in [0.2, 0.25) is 0 Å². The molecule has 0 bridgehead atoms. The molecule has 0 saturated heterocycles. The monoisotopic (exact) mass is 593 g/mol. The van der Waals surface area contributed by atoms with Crippen LogP contribution >= 0.6 is 11.3 Å². The van der Waals surface area contributed by atoms with Crippen LogP contribution in [0.15, 0.2) is 168 Å². The molecule has 0 radical (unpaired) electrons. The number of rotatable bonds is 5. The molecule has 9 rings (SSSR count). The van der Waals surface area contributed by atoms with E-state index in [1.165, 1.54) is 42.4 Å². The average molecular weight is 594 g/mol. The van der Waals surface area contributed by atoms with Gasteiger partial charge in [-0.3, -0.25) is 0 Å². The van der Waals surface area contributed by atoms with Gasteiger partial charge in [-0.2, -0.15) is 0 Å². The van der Waals surface area contributed by atoms with E-state index in [9.17, 15) is 0 Å². The first-order valence-corrected chi connectivity index (χ1v) is 16.0. The van der Waals surface area contributed by atoms with Crippen molar-refractivity contribution in [3.05, 3.63) is 164 Å². The van der Waals surface area contributed by atoms with Gasteiger partial charge in [0.2, 0.25) is 0 Å². The Morgan fingerprint density at radius 1 is 0.400 bits per heavy atom. The van der Waals surface area contributed by atoms with Crippen molar-refractivity contribution in [1.29, 1.82) is 0 Å². The van der Waals surface area contributed by atoms with Gasteiger partial charge in [0, 0.05) is 36.9 Å². The van der Waals surface area contributed by atoms with Gasteiger partial charge in [0.1, 0.15) is 11.2 Å². The molecule has 9 aromatic rings. The molecule has 0 fully saturated rings. The lowest BCUT2D eigenvalue weighted by atomic mass is 9.99. The Morgan fingerprint density at radius 2 is 1.02 bits per heavy atom. The van der Waals surface area contributed by atoms with E-state index in [4.69, 9.17) is 4.42 Å². The van der Waals surface area contributed by atoms with Crippen molar-refractivity contribution in [1.82, 2.24) is 0 Å². The highest BCUT2D eigenvalue weighted by Crippen LogP contribution is 2.45. The molecule has 0 unspecified atom stereocenters. The molecule has 0 amide bonds. The molecule has 0 aliphatic carbocycles. The smallest absolute Gasteiger partial charge is 0.137 e. The van der Waals surface area contributed by atoms with E-state index in [0.717, 1.165) is 39.0 Å². The van der Waals surface area contributed by atoms with Gasteiger partial charge in [-0.1, -0.05) is 115 Å². The van der Waals surface area contributed by atoms with Crippen molar-refractivity contribution in [3.63, 3.8) is 0 Å². The second-order valence-corrected chi connectivity index (χ2v) is 12.4. The zero-order valence-electron chi connectivity index (χ0n) is 24.4. The molecule has 7 aromatic carbocycles. The minimum absolute atomic E-state index is 0.884. The second kappa shape index (κ2) is 10.5. The van der Waals surface area contributed by atoms with E-state index in [-0.39, 0.29) is 0 Å². The highest BCUT2D eigenvalue weighted by Gasteiger charge is 2.20. The fraction of sp³-hybridized carbons (Fsp3) is 0. The predicted octanol–water partition coefficient (Wildman–Crippen LogP) is 12.8. The van der Waals surface area contributed by atoms with Crippen LogP contribution in [-0.4, -0.2) is 0 Å². The van der Waals surface area contributed by atoms with Gasteiger partial charge in [0.05, 0.1) is 11.1 Å². The standard InChI is InChI=1S/C42H27NOS/c1-2-10-28(11-3-1)29-20-22-30(23-21-29)31-12-8-13-32(26-31)43(33-24-25-35-34-14-5-7-19-40(34)45-41(35)27-33)37-16-9-18-39-42(37)36-15-4-6-17-38(36)44-39/h1-27H. The topological polar surface area (TPSA) is 16.4 Å². The summed E-state index contributed by atoms with van der Waals surface area (Å²) in [6.07, 6.45) is 0. The number of hydrogen-bond donors (Lipinski definition) is 0. The lowest BCUT2D eigenvalue weighted by molar-refractivity contribution is 0.669. The summed E-state index contributed by atoms with van der Waals surface area (Å²) in [5.41, 5.74) is 9.87. The van der Waals surface area contributed by atoms with E-state index in [2.05, 4.69) is 157 Å². The number of anilines is 3. The highest BCUT2D eigenvalue weighted by molar-refractivity contribution is 7.25. The normalized spacial score (nSPS) is 11.6. The third-order valence-corrected chi connectivity index (χ3v) is 9.81. The zero-order valence-corrected chi connectivity index (χ0v) is 25.2. The molecule has 0 atom stereocenters. The van der Waals surface area contributed by atoms with Gasteiger partial charge < -0.3 is 9.32 Å². The van der Waals surface area contributed by atoms with Crippen LogP contribution in [0.1, 0.15) is 0 Å². The fourth-order valence-electron chi connectivity index (χ4n) is 6.53. The van der Waals surface area contributed by atoms with Crippen molar-refractivity contribution in [2.24, 2.45) is 0 Å². The Bertz CT molecular complexity index is 2490. The molecule has 0 N–H and O–H groups in total. The van der Waals surface area contributed by atoms with Crippen molar-refractivity contribution in [3.8, 4) is 22.3 Å². The molecular weight excluding hydrogens is 567 g/mol. The first kappa shape index (κ1) is 25.8. The molecular formula is C42H27NOS. The molecule has 3 heteroatoms. The van der Waals surface area contributed by atoms with Crippen LogP contribution < -0.4 is 4.90 Å². The summed E-state index contributed by atoms with van der Waals surface area (Å²) in [6.45, 7) is 0. The van der Waals surface area contributed by atoms with Gasteiger partial charge in [-0.25, -0.2) is 0 Å². The molecule has 2 aromatic heterocycles. The maximum Gasteiger partial charge on any atom is 0.137 e. The van der Waals surface area contributed by atoms with Gasteiger partial charge in [0.25, 0.3) is 0 Å². The van der Waals surface area contributed by atoms with Gasteiger partial charge in [-0.15, -0.1) is 11.3 Å².